The van der Waals surface area contributed by atoms with Crippen molar-refractivity contribution in [2.45, 2.75) is 19.9 Å². The maximum Gasteiger partial charge on any atom is 0.195 e. The van der Waals surface area contributed by atoms with Gasteiger partial charge < -0.3 is 25.0 Å². The molecule has 146 valence electrons. The summed E-state index contributed by atoms with van der Waals surface area (Å²) in [7, 11) is 5.04. The molecule has 0 radical (unpaired) electrons. The summed E-state index contributed by atoms with van der Waals surface area (Å²) in [6.45, 7) is 11.0. The molecule has 1 heterocycles. The van der Waals surface area contributed by atoms with Gasteiger partial charge in [-0.25, -0.2) is 0 Å². The van der Waals surface area contributed by atoms with Crippen molar-refractivity contribution >= 4 is 11.6 Å². The van der Waals surface area contributed by atoms with E-state index in [1.54, 1.807) is 21.3 Å². The Balaban J connectivity index is 1.86. The normalized spacial score (nSPS) is 17.7. The van der Waals surface area contributed by atoms with Crippen LogP contribution >= 0.6 is 0 Å². The molecule has 1 saturated heterocycles. The Morgan fingerprint density at radius 1 is 1.15 bits per heavy atom. The minimum Gasteiger partial charge on any atom is -0.493 e. The molecular formula is C19H33N5O2. The van der Waals surface area contributed by atoms with E-state index in [1.165, 1.54) is 0 Å². The minimum absolute atomic E-state index is 0.456. The number of aliphatic imine (C=N–C) groups is 1. The Kier molecular flexibility index (Phi) is 8.00. The van der Waals surface area contributed by atoms with Crippen LogP contribution in [0.25, 0.3) is 0 Å². The molecule has 2 rings (SSSR count). The summed E-state index contributed by atoms with van der Waals surface area (Å²) < 4.78 is 10.6. The van der Waals surface area contributed by atoms with Gasteiger partial charge in [0.05, 0.1) is 14.2 Å². The molecule has 1 aliphatic heterocycles. The Morgan fingerprint density at radius 3 is 2.42 bits per heavy atom. The van der Waals surface area contributed by atoms with Gasteiger partial charge in [0.2, 0.25) is 0 Å². The first-order chi connectivity index (χ1) is 12.6. The van der Waals surface area contributed by atoms with Gasteiger partial charge >= 0.3 is 0 Å². The van der Waals surface area contributed by atoms with Gasteiger partial charge in [0, 0.05) is 57.6 Å². The lowest BCUT2D eigenvalue weighted by Crippen LogP contribution is -2.52. The molecule has 0 amide bonds. The largest absolute Gasteiger partial charge is 0.493 e. The van der Waals surface area contributed by atoms with E-state index in [2.05, 4.69) is 39.3 Å². The van der Waals surface area contributed by atoms with Crippen LogP contribution in [0.4, 0.5) is 5.69 Å². The molecule has 1 aliphatic rings. The predicted octanol–water partition coefficient (Wildman–Crippen LogP) is 1.72. The fourth-order valence-electron chi connectivity index (χ4n) is 3.12. The fraction of sp³-hybridized carbons (Fsp3) is 0.632. The molecule has 1 unspecified atom stereocenters. The lowest BCUT2D eigenvalue weighted by molar-refractivity contribution is 0.107. The van der Waals surface area contributed by atoms with Crippen molar-refractivity contribution in [1.82, 2.24) is 15.1 Å². The maximum atomic E-state index is 5.35. The molecule has 0 aliphatic carbocycles. The first-order valence-electron chi connectivity index (χ1n) is 9.27. The Labute approximate surface area is 157 Å². The number of hydrogen-bond acceptors (Lipinski definition) is 5. The van der Waals surface area contributed by atoms with Gasteiger partial charge in [0.15, 0.2) is 17.5 Å². The quantitative estimate of drug-likeness (QED) is 0.568. The third-order valence-electron chi connectivity index (χ3n) is 4.91. The first-order valence-corrected chi connectivity index (χ1v) is 9.27. The van der Waals surface area contributed by atoms with Crippen LogP contribution < -0.4 is 20.1 Å². The van der Waals surface area contributed by atoms with Gasteiger partial charge in [-0.1, -0.05) is 6.92 Å². The number of nitrogens with one attached hydrogen (secondary N) is 2. The van der Waals surface area contributed by atoms with Gasteiger partial charge in [-0.05, 0) is 25.6 Å². The van der Waals surface area contributed by atoms with Crippen LogP contribution in [0.1, 0.15) is 13.8 Å². The summed E-state index contributed by atoms with van der Waals surface area (Å²) in [6, 6.07) is 6.18. The van der Waals surface area contributed by atoms with Crippen molar-refractivity contribution in [2.24, 2.45) is 4.99 Å². The van der Waals surface area contributed by atoms with Crippen LogP contribution in [0.15, 0.2) is 23.2 Å². The summed E-state index contributed by atoms with van der Waals surface area (Å²) in [5.74, 6) is 2.15. The zero-order valence-electron chi connectivity index (χ0n) is 16.7. The summed E-state index contributed by atoms with van der Waals surface area (Å²) in [5, 5.41) is 6.72. The van der Waals surface area contributed by atoms with Crippen LogP contribution in [-0.2, 0) is 0 Å². The van der Waals surface area contributed by atoms with Crippen molar-refractivity contribution in [3.05, 3.63) is 18.2 Å². The fourth-order valence-corrected chi connectivity index (χ4v) is 3.12. The SMILES string of the molecule is CCN1CCN(C(C)CNC(=NC)Nc2ccc(OC)c(OC)c2)CC1. The third kappa shape index (κ3) is 5.51. The van der Waals surface area contributed by atoms with Crippen LogP contribution in [0, 0.1) is 0 Å². The number of guanidine groups is 1. The number of methoxy groups -OCH3 is 2. The van der Waals surface area contributed by atoms with Crippen LogP contribution in [0.2, 0.25) is 0 Å². The Morgan fingerprint density at radius 2 is 1.85 bits per heavy atom. The van der Waals surface area contributed by atoms with E-state index in [-0.39, 0.29) is 0 Å². The maximum absolute atomic E-state index is 5.35. The minimum atomic E-state index is 0.456. The van der Waals surface area contributed by atoms with Crippen molar-refractivity contribution in [3.63, 3.8) is 0 Å². The molecule has 0 bridgehead atoms. The van der Waals surface area contributed by atoms with Gasteiger partial charge in [-0.2, -0.15) is 0 Å². The second-order valence-electron chi connectivity index (χ2n) is 6.47. The van der Waals surface area contributed by atoms with E-state index in [0.29, 0.717) is 17.5 Å². The zero-order chi connectivity index (χ0) is 18.9. The average Bonchev–Trinajstić information content (AvgIpc) is 2.70. The molecule has 1 atom stereocenters. The van der Waals surface area contributed by atoms with Gasteiger partial charge in [-0.15, -0.1) is 0 Å². The van der Waals surface area contributed by atoms with E-state index in [0.717, 1.165) is 50.9 Å². The number of piperazine rings is 1. The molecule has 26 heavy (non-hydrogen) atoms. The molecule has 1 aromatic carbocycles. The number of rotatable bonds is 7. The number of benzene rings is 1. The number of ether oxygens (including phenoxy) is 2. The summed E-state index contributed by atoms with van der Waals surface area (Å²) in [4.78, 5) is 9.34. The van der Waals surface area contributed by atoms with E-state index in [4.69, 9.17) is 9.47 Å². The van der Waals surface area contributed by atoms with E-state index >= 15 is 0 Å². The molecule has 1 fully saturated rings. The Hall–Kier alpha value is -1.99. The van der Waals surface area contributed by atoms with E-state index in [9.17, 15) is 0 Å². The highest BCUT2D eigenvalue weighted by Gasteiger charge is 2.20. The molecule has 0 saturated carbocycles. The van der Waals surface area contributed by atoms with Crippen LogP contribution in [0.5, 0.6) is 11.5 Å². The van der Waals surface area contributed by atoms with E-state index < -0.39 is 0 Å². The molecular weight excluding hydrogens is 330 g/mol. The van der Waals surface area contributed by atoms with E-state index in [1.807, 2.05) is 18.2 Å². The zero-order valence-corrected chi connectivity index (χ0v) is 16.7. The predicted molar refractivity (Wildman–Crippen MR) is 108 cm³/mol. The molecule has 7 nitrogen and oxygen atoms in total. The lowest BCUT2D eigenvalue weighted by Gasteiger charge is -2.37. The summed E-state index contributed by atoms with van der Waals surface area (Å²) in [5.41, 5.74) is 0.903. The summed E-state index contributed by atoms with van der Waals surface area (Å²) in [6.07, 6.45) is 0. The molecule has 1 aromatic rings. The monoisotopic (exact) mass is 363 g/mol. The topological polar surface area (TPSA) is 61.4 Å². The van der Waals surface area contributed by atoms with Gasteiger partial charge in [0.25, 0.3) is 0 Å². The second kappa shape index (κ2) is 10.2. The number of hydrogen-bond donors (Lipinski definition) is 2. The molecule has 0 aromatic heterocycles. The van der Waals surface area contributed by atoms with Crippen LogP contribution in [0.3, 0.4) is 0 Å². The van der Waals surface area contributed by atoms with Crippen LogP contribution in [-0.4, -0.2) is 82.3 Å². The van der Waals surface area contributed by atoms with Crippen molar-refractivity contribution in [1.29, 1.82) is 0 Å². The number of nitrogens with zero attached hydrogens (tertiary/aromatic N) is 3. The molecule has 2 N–H and O–H groups in total. The summed E-state index contributed by atoms with van der Waals surface area (Å²) >= 11 is 0. The number of anilines is 1. The number of likely N-dealkylation sites (N-methyl/N-ethyl adjacent to an activating group) is 1. The van der Waals surface area contributed by atoms with Crippen molar-refractivity contribution in [3.8, 4) is 11.5 Å². The highest BCUT2D eigenvalue weighted by atomic mass is 16.5. The third-order valence-corrected chi connectivity index (χ3v) is 4.91. The van der Waals surface area contributed by atoms with Crippen molar-refractivity contribution in [2.75, 3.05) is 65.9 Å². The lowest BCUT2D eigenvalue weighted by atomic mass is 10.2. The first kappa shape index (κ1) is 20.3. The van der Waals surface area contributed by atoms with Gasteiger partial charge in [0.1, 0.15) is 0 Å². The Bertz CT molecular complexity index is 585. The highest BCUT2D eigenvalue weighted by molar-refractivity contribution is 5.93. The molecule has 7 heteroatoms. The molecule has 0 spiro atoms. The van der Waals surface area contributed by atoms with Crippen molar-refractivity contribution < 1.29 is 9.47 Å². The second-order valence-corrected chi connectivity index (χ2v) is 6.47. The standard InChI is InChI=1S/C19H33N5O2/c1-6-23-9-11-24(12-10-23)15(2)14-21-19(20-3)22-16-7-8-17(25-4)18(13-16)26-5/h7-8,13,15H,6,9-12,14H2,1-5H3,(H2,20,21,22). The average molecular weight is 364 g/mol. The smallest absolute Gasteiger partial charge is 0.195 e. The van der Waals surface area contributed by atoms with Gasteiger partial charge in [-0.3, -0.25) is 9.89 Å². The highest BCUT2D eigenvalue weighted by Crippen LogP contribution is 2.29.